The van der Waals surface area contributed by atoms with Crippen molar-refractivity contribution in [3.05, 3.63) is 127 Å². The van der Waals surface area contributed by atoms with Gasteiger partial charge in [-0.1, -0.05) is 24.3 Å². The zero-order chi connectivity index (χ0) is 44.0. The number of methoxy groups -OCH3 is 2. The number of aromatic nitrogens is 2. The Bertz CT molecular complexity index is 2280. The van der Waals surface area contributed by atoms with Crippen molar-refractivity contribution in [3.63, 3.8) is 0 Å². The highest BCUT2D eigenvalue weighted by Crippen LogP contribution is 2.14. The molecule has 0 saturated heterocycles. The summed E-state index contributed by atoms with van der Waals surface area (Å²) in [5.74, 6) is -3.70. The summed E-state index contributed by atoms with van der Waals surface area (Å²) < 4.78 is 16.7. The summed E-state index contributed by atoms with van der Waals surface area (Å²) in [4.78, 5) is 101. The van der Waals surface area contributed by atoms with Gasteiger partial charge < -0.3 is 50.0 Å². The minimum absolute atomic E-state index is 0.199. The Morgan fingerprint density at radius 1 is 0.650 bits per heavy atom. The molecule has 0 unspecified atom stereocenters. The van der Waals surface area contributed by atoms with Gasteiger partial charge in [0.1, 0.15) is 52.8 Å². The van der Waals surface area contributed by atoms with Crippen LogP contribution in [0.1, 0.15) is 92.9 Å². The third kappa shape index (κ3) is 12.9. The van der Waals surface area contributed by atoms with Gasteiger partial charge in [0.25, 0.3) is 22.9 Å². The first kappa shape index (κ1) is 45.4. The molecule has 5 N–H and O–H groups in total. The van der Waals surface area contributed by atoms with Crippen LogP contribution in [0.4, 0.5) is 4.79 Å². The Hall–Kier alpha value is -7.31. The molecule has 4 aromatic rings. The normalized spacial score (nSPS) is 11.4. The van der Waals surface area contributed by atoms with Gasteiger partial charge in [0, 0.05) is 19.1 Å². The molecule has 3 amide bonds. The van der Waals surface area contributed by atoms with Crippen LogP contribution in [0.15, 0.2) is 82.4 Å². The number of unbranched alkanes of at least 4 members (excludes halogenated alkanes) is 1. The fourth-order valence-electron chi connectivity index (χ4n) is 5.49. The number of benzene rings is 2. The largest absolute Gasteiger partial charge is 0.497 e. The maximum absolute atomic E-state index is 13.9. The number of amides is 3. The number of hydrogen-bond donors (Lipinski definition) is 5. The number of carboxylic acids is 2. The van der Waals surface area contributed by atoms with Crippen LogP contribution in [0.25, 0.3) is 0 Å². The SMILES string of the molecule is COc1ccc(COn2c(C(=O)NC[C@H](CCCCNC(=O)OC(C)(C)C)NC(=O)c3ccc(C(=O)O)c(=O)n3OCc3ccc(OC)cc3)ccc(C(=O)O)c2=O)cc1. The van der Waals surface area contributed by atoms with Crippen molar-refractivity contribution < 1.29 is 58.1 Å². The van der Waals surface area contributed by atoms with Crippen molar-refractivity contribution in [2.24, 2.45) is 0 Å². The molecule has 320 valence electrons. The van der Waals surface area contributed by atoms with Crippen molar-refractivity contribution in [2.75, 3.05) is 27.3 Å². The highest BCUT2D eigenvalue weighted by Gasteiger charge is 2.25. The molecular formula is C41H47N5O14. The summed E-state index contributed by atoms with van der Waals surface area (Å²) in [7, 11) is 2.98. The molecule has 19 nitrogen and oxygen atoms in total. The van der Waals surface area contributed by atoms with Crippen LogP contribution in [0.3, 0.4) is 0 Å². The van der Waals surface area contributed by atoms with Crippen molar-refractivity contribution in [2.45, 2.75) is 64.9 Å². The van der Waals surface area contributed by atoms with Crippen molar-refractivity contribution in [1.82, 2.24) is 25.4 Å². The van der Waals surface area contributed by atoms with Gasteiger partial charge >= 0.3 is 18.0 Å². The molecule has 0 spiro atoms. The maximum Gasteiger partial charge on any atom is 0.407 e. The first-order chi connectivity index (χ1) is 28.5. The molecule has 0 fully saturated rings. The van der Waals surface area contributed by atoms with Gasteiger partial charge in [0.2, 0.25) is 0 Å². The van der Waals surface area contributed by atoms with Crippen LogP contribution in [0, 0.1) is 0 Å². The standard InChI is InChI=1S/C41H47N5O14/c1-41(2,3)60-40(55)42-21-7-6-8-27(44-35(48)33-20-18-31(39(53)54)37(50)46(33)59-24-26-11-15-29(57-5)16-12-26)22-43-34(47)32-19-17-30(38(51)52)36(49)45(32)58-23-25-9-13-28(56-4)14-10-25/h9-20,27H,6-8,21-24H2,1-5H3,(H,42,55)(H,43,47)(H,44,48)(H,51,52)(H,53,54)/t27-/m0/s1. The quantitative estimate of drug-likeness (QED) is 0.0804. The number of carboxylic acid groups (broad SMARTS) is 2. The predicted octanol–water partition coefficient (Wildman–Crippen LogP) is 2.90. The van der Waals surface area contributed by atoms with E-state index in [4.69, 9.17) is 23.9 Å². The molecule has 0 bridgehead atoms. The lowest BCUT2D eigenvalue weighted by atomic mass is 10.1. The lowest BCUT2D eigenvalue weighted by Gasteiger charge is -2.22. The highest BCUT2D eigenvalue weighted by molar-refractivity contribution is 5.95. The molecule has 2 aromatic carbocycles. The van der Waals surface area contributed by atoms with Gasteiger partial charge in [-0.3, -0.25) is 19.2 Å². The second-order valence-electron chi connectivity index (χ2n) is 14.1. The van der Waals surface area contributed by atoms with Gasteiger partial charge in [-0.25, -0.2) is 14.4 Å². The predicted molar refractivity (Wildman–Crippen MR) is 214 cm³/mol. The smallest absolute Gasteiger partial charge is 0.407 e. The van der Waals surface area contributed by atoms with Gasteiger partial charge in [0.15, 0.2) is 0 Å². The molecule has 0 aliphatic carbocycles. The van der Waals surface area contributed by atoms with Crippen molar-refractivity contribution in [1.29, 1.82) is 0 Å². The number of carbonyl (C=O) groups is 5. The van der Waals surface area contributed by atoms with Crippen LogP contribution >= 0.6 is 0 Å². The Labute approximate surface area is 343 Å². The van der Waals surface area contributed by atoms with Crippen LogP contribution in [0.2, 0.25) is 0 Å². The Morgan fingerprint density at radius 2 is 1.12 bits per heavy atom. The highest BCUT2D eigenvalue weighted by atomic mass is 16.7. The van der Waals surface area contributed by atoms with Gasteiger partial charge in [-0.15, -0.1) is 9.46 Å². The zero-order valence-corrected chi connectivity index (χ0v) is 33.6. The number of pyridine rings is 2. The van der Waals surface area contributed by atoms with E-state index in [1.165, 1.54) is 14.2 Å². The number of carbonyl (C=O) groups excluding carboxylic acids is 3. The number of alkyl carbamates (subject to hydrolysis) is 1. The van der Waals surface area contributed by atoms with E-state index in [0.717, 1.165) is 24.3 Å². The maximum atomic E-state index is 13.9. The van der Waals surface area contributed by atoms with E-state index in [1.54, 1.807) is 69.3 Å². The Morgan fingerprint density at radius 3 is 1.55 bits per heavy atom. The Balaban J connectivity index is 1.58. The van der Waals surface area contributed by atoms with Crippen LogP contribution in [-0.2, 0) is 18.0 Å². The minimum Gasteiger partial charge on any atom is -0.497 e. The first-order valence-corrected chi connectivity index (χ1v) is 18.6. The average Bonchev–Trinajstić information content (AvgIpc) is 3.20. The molecule has 0 saturated carbocycles. The molecule has 0 radical (unpaired) electrons. The summed E-state index contributed by atoms with van der Waals surface area (Å²) in [5, 5.41) is 27.2. The second kappa shape index (κ2) is 20.9. The fraction of sp³-hybridized carbons (Fsp3) is 0.341. The number of nitrogens with one attached hydrogen (secondary N) is 3. The Kier molecular flexibility index (Phi) is 15.8. The van der Waals surface area contributed by atoms with E-state index in [9.17, 15) is 43.8 Å². The first-order valence-electron chi connectivity index (χ1n) is 18.6. The van der Waals surface area contributed by atoms with Gasteiger partial charge in [-0.05, 0) is 99.7 Å². The lowest BCUT2D eigenvalue weighted by Crippen LogP contribution is -2.47. The third-order valence-electron chi connectivity index (χ3n) is 8.54. The molecule has 19 heteroatoms. The third-order valence-corrected chi connectivity index (χ3v) is 8.54. The van der Waals surface area contributed by atoms with E-state index in [1.807, 2.05) is 0 Å². The van der Waals surface area contributed by atoms with Gasteiger partial charge in [-0.2, -0.15) is 0 Å². The summed E-state index contributed by atoms with van der Waals surface area (Å²) in [6.07, 6.45) is 0.382. The van der Waals surface area contributed by atoms with Crippen LogP contribution in [-0.4, -0.2) is 88.5 Å². The molecule has 2 aromatic heterocycles. The number of rotatable bonds is 20. The van der Waals surface area contributed by atoms with E-state index in [-0.39, 0.29) is 44.1 Å². The molecule has 2 heterocycles. The number of nitrogens with zero attached hydrogens (tertiary/aromatic N) is 2. The minimum atomic E-state index is -1.54. The molecule has 0 aliphatic heterocycles. The molecule has 4 rings (SSSR count). The molecular weight excluding hydrogens is 786 g/mol. The van der Waals surface area contributed by atoms with Gasteiger partial charge in [0.05, 0.1) is 14.2 Å². The number of hydrogen-bond acceptors (Lipinski definition) is 12. The second-order valence-corrected chi connectivity index (χ2v) is 14.1. The monoisotopic (exact) mass is 833 g/mol. The van der Waals surface area contributed by atoms with E-state index >= 15 is 0 Å². The van der Waals surface area contributed by atoms with Crippen molar-refractivity contribution >= 4 is 29.8 Å². The van der Waals surface area contributed by atoms with E-state index < -0.39 is 63.7 Å². The summed E-state index contributed by atoms with van der Waals surface area (Å²) in [6, 6.07) is 16.5. The summed E-state index contributed by atoms with van der Waals surface area (Å²) >= 11 is 0. The topological polar surface area (TPSA) is 252 Å². The van der Waals surface area contributed by atoms with Crippen LogP contribution < -0.4 is 46.2 Å². The fourth-order valence-corrected chi connectivity index (χ4v) is 5.49. The molecule has 0 aliphatic rings. The number of aromatic carboxylic acids is 2. The van der Waals surface area contributed by atoms with Crippen molar-refractivity contribution in [3.8, 4) is 11.5 Å². The number of ether oxygens (including phenoxy) is 3. The van der Waals surface area contributed by atoms with Crippen LogP contribution in [0.5, 0.6) is 11.5 Å². The summed E-state index contributed by atoms with van der Waals surface area (Å²) in [6.45, 7) is 4.65. The zero-order valence-electron chi connectivity index (χ0n) is 33.6. The average molecular weight is 834 g/mol. The molecule has 1 atom stereocenters. The van der Waals surface area contributed by atoms with E-state index in [2.05, 4.69) is 16.0 Å². The molecule has 60 heavy (non-hydrogen) atoms. The lowest BCUT2D eigenvalue weighted by molar-refractivity contribution is 0.0525. The summed E-state index contributed by atoms with van der Waals surface area (Å²) in [5.41, 5.74) is -3.81. The van der Waals surface area contributed by atoms with E-state index in [0.29, 0.717) is 44.9 Å².